The molecule has 4 heteroatoms. The predicted molar refractivity (Wildman–Crippen MR) is 70.9 cm³/mol. The Bertz CT molecular complexity index is 332. The summed E-state index contributed by atoms with van der Waals surface area (Å²) in [5.74, 6) is -0.357. The summed E-state index contributed by atoms with van der Waals surface area (Å²) < 4.78 is 5.03. The number of carboxylic acid groups (broad SMARTS) is 1. The van der Waals surface area contributed by atoms with E-state index in [0.29, 0.717) is 6.42 Å². The number of ether oxygens (including phenoxy) is 1. The second-order valence-electron chi connectivity index (χ2n) is 3.59. The van der Waals surface area contributed by atoms with E-state index in [1.807, 2.05) is 38.1 Å². The van der Waals surface area contributed by atoms with E-state index in [4.69, 9.17) is 14.9 Å². The second-order valence-corrected chi connectivity index (χ2v) is 3.59. The lowest BCUT2D eigenvalue weighted by Crippen LogP contribution is -2.19. The van der Waals surface area contributed by atoms with Gasteiger partial charge in [0.1, 0.15) is 5.75 Å². The zero-order valence-electron chi connectivity index (χ0n) is 11.2. The van der Waals surface area contributed by atoms with Crippen LogP contribution in [0.25, 0.3) is 0 Å². The molecule has 1 aromatic carbocycles. The van der Waals surface area contributed by atoms with Gasteiger partial charge in [-0.1, -0.05) is 26.0 Å². The highest BCUT2D eigenvalue weighted by molar-refractivity contribution is 5.71. The molecule has 0 saturated heterocycles. The summed E-state index contributed by atoms with van der Waals surface area (Å²) >= 11 is 0. The highest BCUT2D eigenvalue weighted by Gasteiger charge is 2.11. The Hall–Kier alpha value is -1.55. The Kier molecular flexibility index (Phi) is 8.66. The van der Waals surface area contributed by atoms with Gasteiger partial charge in [0.2, 0.25) is 0 Å². The number of aliphatic hydroxyl groups is 1. The van der Waals surface area contributed by atoms with Crippen LogP contribution < -0.4 is 4.74 Å². The van der Waals surface area contributed by atoms with Crippen LogP contribution >= 0.6 is 0 Å². The van der Waals surface area contributed by atoms with Crippen molar-refractivity contribution in [1.29, 1.82) is 0 Å². The summed E-state index contributed by atoms with van der Waals surface area (Å²) in [4.78, 5) is 10.4. The highest BCUT2D eigenvalue weighted by Crippen LogP contribution is 2.13. The molecular formula is C14H22O4. The van der Waals surface area contributed by atoms with Crippen molar-refractivity contribution >= 4 is 5.97 Å². The molecule has 0 bridgehead atoms. The number of hydrogen-bond acceptors (Lipinski definition) is 3. The predicted octanol–water partition coefficient (Wildman–Crippen LogP) is 2.49. The van der Waals surface area contributed by atoms with Crippen molar-refractivity contribution in [3.05, 3.63) is 29.8 Å². The Morgan fingerprint density at radius 3 is 2.28 bits per heavy atom. The van der Waals surface area contributed by atoms with Crippen LogP contribution in [0.15, 0.2) is 24.3 Å². The van der Waals surface area contributed by atoms with Crippen LogP contribution in [-0.4, -0.2) is 29.4 Å². The maximum atomic E-state index is 10.4. The minimum Gasteiger partial charge on any atom is -0.497 e. The molecule has 1 atom stereocenters. The van der Waals surface area contributed by atoms with E-state index in [-0.39, 0.29) is 6.42 Å². The van der Waals surface area contributed by atoms with Gasteiger partial charge in [0.05, 0.1) is 7.11 Å². The quantitative estimate of drug-likeness (QED) is 0.818. The van der Waals surface area contributed by atoms with E-state index in [2.05, 4.69) is 0 Å². The van der Waals surface area contributed by atoms with Crippen molar-refractivity contribution in [1.82, 2.24) is 0 Å². The van der Waals surface area contributed by atoms with Gasteiger partial charge in [0, 0.05) is 0 Å². The van der Waals surface area contributed by atoms with Crippen molar-refractivity contribution in [3.8, 4) is 5.75 Å². The van der Waals surface area contributed by atoms with Gasteiger partial charge >= 0.3 is 5.97 Å². The Morgan fingerprint density at radius 2 is 1.83 bits per heavy atom. The van der Waals surface area contributed by atoms with E-state index in [1.165, 1.54) is 0 Å². The summed E-state index contributed by atoms with van der Waals surface area (Å²) in [6.45, 7) is 4.00. The van der Waals surface area contributed by atoms with Gasteiger partial charge < -0.3 is 14.9 Å². The number of methoxy groups -OCH3 is 1. The summed E-state index contributed by atoms with van der Waals surface area (Å²) in [5, 5.41) is 17.5. The number of rotatable bonds is 6. The third-order valence-electron chi connectivity index (χ3n) is 2.39. The Morgan fingerprint density at radius 1 is 1.28 bits per heavy atom. The van der Waals surface area contributed by atoms with Crippen LogP contribution in [0.4, 0.5) is 0 Å². The maximum absolute atomic E-state index is 10.4. The molecule has 0 unspecified atom stereocenters. The van der Waals surface area contributed by atoms with Crippen molar-refractivity contribution < 1.29 is 19.7 Å². The average Bonchev–Trinajstić information content (AvgIpc) is 2.41. The molecule has 0 radical (unpaired) electrons. The monoisotopic (exact) mass is 254 g/mol. The van der Waals surface area contributed by atoms with Gasteiger partial charge in [-0.25, -0.2) is 4.79 Å². The van der Waals surface area contributed by atoms with Crippen molar-refractivity contribution in [2.45, 2.75) is 39.2 Å². The lowest BCUT2D eigenvalue weighted by Gasteiger charge is -2.05. The number of benzene rings is 1. The number of aryl methyl sites for hydroxylation is 1. The topological polar surface area (TPSA) is 66.8 Å². The first-order valence-corrected chi connectivity index (χ1v) is 6.17. The number of carbonyl (C=O) groups is 1. The first kappa shape index (κ1) is 16.4. The lowest BCUT2D eigenvalue weighted by atomic mass is 10.1. The van der Waals surface area contributed by atoms with Crippen LogP contribution in [0.2, 0.25) is 0 Å². The normalized spacial score (nSPS) is 11.1. The fraction of sp³-hybridized carbons (Fsp3) is 0.500. The van der Waals surface area contributed by atoms with E-state index >= 15 is 0 Å². The minimum atomic E-state index is -1.25. The molecule has 4 nitrogen and oxygen atoms in total. The van der Waals surface area contributed by atoms with Crippen LogP contribution in [0.1, 0.15) is 32.3 Å². The molecule has 0 aromatic heterocycles. The molecule has 102 valence electrons. The standard InChI is InChI=1S/C12H16O4.C2H6/c1-16-10-7-5-9(6-8-10)3-2-4-11(13)12(14)15;1-2/h5-8,11,13H,2-4H2,1H3,(H,14,15);1-2H3/t11-;/m1./s1. The van der Waals surface area contributed by atoms with Gasteiger partial charge in [-0.05, 0) is 37.0 Å². The summed E-state index contributed by atoms with van der Waals surface area (Å²) in [6, 6.07) is 7.60. The molecule has 1 rings (SSSR count). The molecule has 18 heavy (non-hydrogen) atoms. The number of aliphatic carboxylic acids is 1. The SMILES string of the molecule is CC.COc1ccc(CCC[C@@H](O)C(=O)O)cc1. The Balaban J connectivity index is 0.00000137. The summed E-state index contributed by atoms with van der Waals surface area (Å²) in [5.41, 5.74) is 1.11. The second kappa shape index (κ2) is 9.48. The van der Waals surface area contributed by atoms with E-state index < -0.39 is 12.1 Å². The first-order valence-electron chi connectivity index (χ1n) is 6.17. The van der Waals surface area contributed by atoms with E-state index in [9.17, 15) is 4.79 Å². The third kappa shape index (κ3) is 6.25. The summed E-state index contributed by atoms with van der Waals surface area (Å²) in [7, 11) is 1.61. The zero-order valence-corrected chi connectivity index (χ0v) is 11.2. The molecule has 0 aliphatic carbocycles. The average molecular weight is 254 g/mol. The molecule has 1 aromatic rings. The van der Waals surface area contributed by atoms with Gasteiger partial charge in [-0.15, -0.1) is 0 Å². The van der Waals surface area contributed by atoms with Gasteiger partial charge in [0.15, 0.2) is 6.10 Å². The van der Waals surface area contributed by atoms with Crippen LogP contribution in [0, 0.1) is 0 Å². The van der Waals surface area contributed by atoms with Gasteiger partial charge in [0.25, 0.3) is 0 Å². The van der Waals surface area contributed by atoms with Crippen LogP contribution in [0.5, 0.6) is 5.75 Å². The zero-order chi connectivity index (χ0) is 14.0. The fourth-order valence-corrected chi connectivity index (χ4v) is 1.42. The molecule has 0 heterocycles. The minimum absolute atomic E-state index is 0.279. The molecule has 0 aliphatic heterocycles. The largest absolute Gasteiger partial charge is 0.497 e. The molecule has 0 fully saturated rings. The maximum Gasteiger partial charge on any atom is 0.332 e. The lowest BCUT2D eigenvalue weighted by molar-refractivity contribution is -0.146. The molecule has 0 spiro atoms. The smallest absolute Gasteiger partial charge is 0.332 e. The van der Waals surface area contributed by atoms with Gasteiger partial charge in [-0.2, -0.15) is 0 Å². The first-order chi connectivity index (χ1) is 8.63. The van der Waals surface area contributed by atoms with Crippen molar-refractivity contribution in [3.63, 3.8) is 0 Å². The molecule has 2 N–H and O–H groups in total. The third-order valence-corrected chi connectivity index (χ3v) is 2.39. The molecule has 0 saturated carbocycles. The highest BCUT2D eigenvalue weighted by atomic mass is 16.5. The summed E-state index contributed by atoms with van der Waals surface area (Å²) in [6.07, 6.45) is 0.438. The fourth-order valence-electron chi connectivity index (χ4n) is 1.42. The van der Waals surface area contributed by atoms with Crippen molar-refractivity contribution in [2.24, 2.45) is 0 Å². The van der Waals surface area contributed by atoms with Crippen molar-refractivity contribution in [2.75, 3.05) is 7.11 Å². The number of carboxylic acids is 1. The van der Waals surface area contributed by atoms with Gasteiger partial charge in [-0.3, -0.25) is 0 Å². The number of aliphatic hydroxyl groups excluding tert-OH is 1. The van der Waals surface area contributed by atoms with E-state index in [0.717, 1.165) is 17.7 Å². The Labute approximate surface area is 108 Å². The molecular weight excluding hydrogens is 232 g/mol. The molecule has 0 amide bonds. The number of hydrogen-bond donors (Lipinski definition) is 2. The molecule has 0 aliphatic rings. The van der Waals surface area contributed by atoms with E-state index in [1.54, 1.807) is 7.11 Å². The van der Waals surface area contributed by atoms with Crippen LogP contribution in [0.3, 0.4) is 0 Å². The van der Waals surface area contributed by atoms with Crippen LogP contribution in [-0.2, 0) is 11.2 Å².